The molecule has 0 amide bonds. The lowest BCUT2D eigenvalue weighted by molar-refractivity contribution is -0.156. The maximum absolute atomic E-state index is 14.1. The van der Waals surface area contributed by atoms with Crippen LogP contribution >= 0.6 is 0 Å². The Morgan fingerprint density at radius 2 is 1.91 bits per heavy atom. The van der Waals surface area contributed by atoms with E-state index in [0.29, 0.717) is 18.6 Å². The molecule has 1 aromatic rings. The van der Waals surface area contributed by atoms with Crippen LogP contribution < -0.4 is 9.47 Å². The molecule has 1 spiro atoms. The van der Waals surface area contributed by atoms with Crippen molar-refractivity contribution in [3.63, 3.8) is 0 Å². The Morgan fingerprint density at radius 3 is 2.47 bits per heavy atom. The fourth-order valence-corrected chi connectivity index (χ4v) is 5.49. The largest absolute Gasteiger partial charge is 0.497 e. The van der Waals surface area contributed by atoms with Crippen LogP contribution in [0.15, 0.2) is 42.5 Å². The fourth-order valence-electron chi connectivity index (χ4n) is 5.49. The number of ketones is 2. The molecule has 7 heteroatoms. The summed E-state index contributed by atoms with van der Waals surface area (Å²) >= 11 is 0. The second kappa shape index (κ2) is 9.20. The van der Waals surface area contributed by atoms with Gasteiger partial charge in [-0.05, 0) is 50.8 Å². The lowest BCUT2D eigenvalue weighted by Gasteiger charge is -2.45. The third-order valence-corrected chi connectivity index (χ3v) is 7.31. The van der Waals surface area contributed by atoms with Crippen molar-refractivity contribution in [2.75, 3.05) is 7.11 Å². The number of carbonyl (C=O) groups is 4. The zero-order valence-electron chi connectivity index (χ0n) is 20.6. The van der Waals surface area contributed by atoms with Gasteiger partial charge in [0.1, 0.15) is 16.9 Å². The SMILES string of the molecule is C=CC1(C)CCC(C(C)C(=O)C(C=C(C)C)OC(C)=O)C12C(=O)Oc1cc(OC)ccc1C2=O. The first-order chi connectivity index (χ1) is 15.9. The van der Waals surface area contributed by atoms with Gasteiger partial charge < -0.3 is 14.2 Å². The lowest BCUT2D eigenvalue weighted by atomic mass is 9.56. The van der Waals surface area contributed by atoms with Crippen molar-refractivity contribution in [2.24, 2.45) is 22.7 Å². The Kier molecular flexibility index (Phi) is 6.87. The molecular weight excluding hydrogens is 436 g/mol. The number of benzene rings is 1. The zero-order chi connectivity index (χ0) is 25.4. The third-order valence-electron chi connectivity index (χ3n) is 7.31. The van der Waals surface area contributed by atoms with Gasteiger partial charge in [-0.15, -0.1) is 6.58 Å². The Hall–Kier alpha value is -3.22. The molecule has 3 rings (SSSR count). The number of methoxy groups -OCH3 is 1. The smallest absolute Gasteiger partial charge is 0.326 e. The monoisotopic (exact) mass is 468 g/mol. The Labute approximate surface area is 200 Å². The van der Waals surface area contributed by atoms with Crippen molar-refractivity contribution in [2.45, 2.75) is 53.6 Å². The molecule has 5 unspecified atom stereocenters. The van der Waals surface area contributed by atoms with Crippen LogP contribution in [-0.2, 0) is 19.1 Å². The van der Waals surface area contributed by atoms with Crippen molar-refractivity contribution in [3.05, 3.63) is 48.1 Å². The summed E-state index contributed by atoms with van der Waals surface area (Å²) in [6, 6.07) is 4.73. The van der Waals surface area contributed by atoms with E-state index in [1.54, 1.807) is 45.1 Å². The normalized spacial score (nSPS) is 27.3. The maximum atomic E-state index is 14.1. The van der Waals surface area contributed by atoms with Crippen molar-refractivity contribution in [1.82, 2.24) is 0 Å². The van der Waals surface area contributed by atoms with Gasteiger partial charge in [-0.3, -0.25) is 19.2 Å². The number of esters is 2. The molecule has 5 atom stereocenters. The molecule has 2 aliphatic rings. The van der Waals surface area contributed by atoms with Gasteiger partial charge >= 0.3 is 11.9 Å². The molecule has 1 fully saturated rings. The minimum absolute atomic E-state index is 0.137. The minimum Gasteiger partial charge on any atom is -0.497 e. The predicted octanol–water partition coefficient (Wildman–Crippen LogP) is 4.49. The van der Waals surface area contributed by atoms with Crippen LogP contribution in [0.4, 0.5) is 0 Å². The van der Waals surface area contributed by atoms with Crippen LogP contribution in [0.5, 0.6) is 11.5 Å². The third kappa shape index (κ3) is 3.87. The second-order valence-electron chi connectivity index (χ2n) is 9.62. The lowest BCUT2D eigenvalue weighted by Crippen LogP contribution is -2.58. The van der Waals surface area contributed by atoms with E-state index in [1.165, 1.54) is 20.1 Å². The minimum atomic E-state index is -1.63. The summed E-state index contributed by atoms with van der Waals surface area (Å²) in [6.45, 7) is 12.3. The van der Waals surface area contributed by atoms with Crippen LogP contribution in [0.1, 0.15) is 57.8 Å². The zero-order valence-corrected chi connectivity index (χ0v) is 20.6. The highest BCUT2D eigenvalue weighted by Gasteiger charge is 2.70. The Balaban J connectivity index is 2.13. The number of hydrogen-bond acceptors (Lipinski definition) is 7. The van der Waals surface area contributed by atoms with Crippen LogP contribution in [-0.4, -0.2) is 36.7 Å². The maximum Gasteiger partial charge on any atom is 0.326 e. The highest BCUT2D eigenvalue weighted by Crippen LogP contribution is 2.63. The van der Waals surface area contributed by atoms with Crippen LogP contribution in [0.25, 0.3) is 0 Å². The fraction of sp³-hybridized carbons (Fsp3) is 0.481. The summed E-state index contributed by atoms with van der Waals surface area (Å²) in [6.07, 6.45) is 3.01. The average molecular weight is 469 g/mol. The van der Waals surface area contributed by atoms with E-state index in [1.807, 2.05) is 6.92 Å². The Morgan fingerprint density at radius 1 is 1.24 bits per heavy atom. The van der Waals surface area contributed by atoms with Crippen LogP contribution in [0.2, 0.25) is 0 Å². The number of rotatable bonds is 7. The number of fused-ring (bicyclic) bond motifs is 1. The topological polar surface area (TPSA) is 96.0 Å². The molecule has 0 bridgehead atoms. The first kappa shape index (κ1) is 25.4. The number of carbonyl (C=O) groups excluding carboxylic acids is 4. The van der Waals surface area contributed by atoms with Gasteiger partial charge in [0.05, 0.1) is 12.7 Å². The van der Waals surface area contributed by atoms with Gasteiger partial charge in [-0.1, -0.05) is 25.5 Å². The molecule has 0 saturated heterocycles. The predicted molar refractivity (Wildman–Crippen MR) is 126 cm³/mol. The summed E-state index contributed by atoms with van der Waals surface area (Å²) in [4.78, 5) is 53.0. The molecule has 1 heterocycles. The summed E-state index contributed by atoms with van der Waals surface area (Å²) in [5.41, 5.74) is -1.48. The molecular formula is C27H32O7. The Bertz CT molecular complexity index is 1080. The van der Waals surface area contributed by atoms with Gasteiger partial charge in [-0.2, -0.15) is 0 Å². The molecule has 1 aromatic carbocycles. The van der Waals surface area contributed by atoms with Crippen molar-refractivity contribution < 1.29 is 33.4 Å². The van der Waals surface area contributed by atoms with Crippen molar-refractivity contribution in [3.8, 4) is 11.5 Å². The van der Waals surface area contributed by atoms with E-state index < -0.39 is 46.5 Å². The molecule has 0 N–H and O–H groups in total. The van der Waals surface area contributed by atoms with E-state index in [0.717, 1.165) is 5.57 Å². The number of ether oxygens (including phenoxy) is 3. The average Bonchev–Trinajstić information content (AvgIpc) is 3.09. The van der Waals surface area contributed by atoms with Gasteiger partial charge in [-0.25, -0.2) is 0 Å². The molecule has 34 heavy (non-hydrogen) atoms. The first-order valence-electron chi connectivity index (χ1n) is 11.4. The summed E-state index contributed by atoms with van der Waals surface area (Å²) in [5.74, 6) is -2.88. The van der Waals surface area contributed by atoms with E-state index in [4.69, 9.17) is 14.2 Å². The molecule has 1 saturated carbocycles. The van der Waals surface area contributed by atoms with Crippen LogP contribution in [0.3, 0.4) is 0 Å². The number of hydrogen-bond donors (Lipinski definition) is 0. The van der Waals surface area contributed by atoms with E-state index in [2.05, 4.69) is 6.58 Å². The van der Waals surface area contributed by atoms with E-state index in [-0.39, 0.29) is 17.1 Å². The molecule has 1 aliphatic carbocycles. The molecule has 7 nitrogen and oxygen atoms in total. The highest BCUT2D eigenvalue weighted by atomic mass is 16.5. The second-order valence-corrected chi connectivity index (χ2v) is 9.62. The summed E-state index contributed by atoms with van der Waals surface area (Å²) < 4.78 is 16.2. The highest BCUT2D eigenvalue weighted by molar-refractivity contribution is 6.18. The summed E-state index contributed by atoms with van der Waals surface area (Å²) in [7, 11) is 1.48. The molecule has 182 valence electrons. The van der Waals surface area contributed by atoms with Crippen molar-refractivity contribution >= 4 is 23.5 Å². The summed E-state index contributed by atoms with van der Waals surface area (Å²) in [5, 5.41) is 0. The molecule has 1 aliphatic heterocycles. The standard InChI is InChI=1S/C27H32O7/c1-8-26(6)12-11-20(16(4)23(29)22(13-15(2)3)33-17(5)28)27(26)24(30)19-10-9-18(32-7)14-21(19)34-25(27)31/h8-10,13-14,16,20,22H,1,11-12H2,2-7H3. The van der Waals surface area contributed by atoms with Gasteiger partial charge in [0, 0.05) is 24.3 Å². The van der Waals surface area contributed by atoms with Gasteiger partial charge in [0.2, 0.25) is 0 Å². The molecule has 0 radical (unpaired) electrons. The van der Waals surface area contributed by atoms with E-state index in [9.17, 15) is 19.2 Å². The van der Waals surface area contributed by atoms with E-state index >= 15 is 0 Å². The van der Waals surface area contributed by atoms with Gasteiger partial charge in [0.25, 0.3) is 0 Å². The first-order valence-corrected chi connectivity index (χ1v) is 11.4. The molecule has 0 aromatic heterocycles. The number of allylic oxidation sites excluding steroid dienone is 2. The quantitative estimate of drug-likeness (QED) is 0.252. The number of Topliss-reactive ketones (excluding diaryl/α,β-unsaturated/α-hetero) is 2. The van der Waals surface area contributed by atoms with Crippen molar-refractivity contribution in [1.29, 1.82) is 0 Å². The van der Waals surface area contributed by atoms with Gasteiger partial charge in [0.15, 0.2) is 17.7 Å². The van der Waals surface area contributed by atoms with Crippen LogP contribution in [0, 0.1) is 22.7 Å².